The van der Waals surface area contributed by atoms with E-state index >= 15 is 0 Å². The number of hydrogen-bond donors (Lipinski definition) is 0. The van der Waals surface area contributed by atoms with Crippen molar-refractivity contribution in [3.63, 3.8) is 0 Å². The maximum atomic E-state index is 13.1. The summed E-state index contributed by atoms with van der Waals surface area (Å²) in [6, 6.07) is 3.23. The minimum Gasteiger partial charge on any atom is -0.376 e. The molecule has 1 nitrogen and oxygen atoms in total. The maximum Gasteiger partial charge on any atom is 0.123 e. The van der Waals surface area contributed by atoms with Crippen LogP contribution in [0.2, 0.25) is 0 Å². The molecular weight excluding hydrogens is 167 g/mol. The van der Waals surface area contributed by atoms with Gasteiger partial charge < -0.3 is 4.74 Å². The number of halogens is 1. The van der Waals surface area contributed by atoms with Crippen LogP contribution in [0.25, 0.3) is 0 Å². The van der Waals surface area contributed by atoms with E-state index in [1.807, 2.05) is 0 Å². The van der Waals surface area contributed by atoms with E-state index < -0.39 is 0 Å². The average Bonchev–Trinajstić information content (AvgIpc) is 2.16. The summed E-state index contributed by atoms with van der Waals surface area (Å²) in [7, 11) is 0. The molecule has 0 atom stereocenters. The van der Waals surface area contributed by atoms with Crippen molar-refractivity contribution in [2.24, 2.45) is 0 Å². The second-order valence-electron chi connectivity index (χ2n) is 3.36. The van der Waals surface area contributed by atoms with Crippen molar-refractivity contribution in [3.8, 4) is 0 Å². The zero-order chi connectivity index (χ0) is 9.26. The van der Waals surface area contributed by atoms with Gasteiger partial charge in [0.25, 0.3) is 0 Å². The molecule has 0 bridgehead atoms. The lowest BCUT2D eigenvalue weighted by atomic mass is 9.95. The SMILES string of the molecule is CCc1cc(F)cc2c1CCOC2. The predicted molar refractivity (Wildman–Crippen MR) is 49.1 cm³/mol. The topological polar surface area (TPSA) is 9.23 Å². The van der Waals surface area contributed by atoms with Crippen molar-refractivity contribution in [2.75, 3.05) is 6.61 Å². The molecule has 2 heteroatoms. The summed E-state index contributed by atoms with van der Waals surface area (Å²) in [5.41, 5.74) is 3.47. The molecular formula is C11H13FO. The van der Waals surface area contributed by atoms with Gasteiger partial charge in [0.05, 0.1) is 13.2 Å². The summed E-state index contributed by atoms with van der Waals surface area (Å²) >= 11 is 0. The highest BCUT2D eigenvalue weighted by molar-refractivity contribution is 5.36. The molecule has 1 aliphatic heterocycles. The lowest BCUT2D eigenvalue weighted by molar-refractivity contribution is 0.110. The highest BCUT2D eigenvalue weighted by Crippen LogP contribution is 2.22. The van der Waals surface area contributed by atoms with Crippen LogP contribution in [0.1, 0.15) is 23.6 Å². The Kier molecular flexibility index (Phi) is 2.32. The first kappa shape index (κ1) is 8.70. The van der Waals surface area contributed by atoms with Gasteiger partial charge in [-0.15, -0.1) is 0 Å². The fourth-order valence-electron chi connectivity index (χ4n) is 1.88. The van der Waals surface area contributed by atoms with Crippen LogP contribution in [-0.2, 0) is 24.2 Å². The first-order valence-electron chi connectivity index (χ1n) is 4.69. The highest BCUT2D eigenvalue weighted by atomic mass is 19.1. The van der Waals surface area contributed by atoms with E-state index in [1.165, 1.54) is 5.56 Å². The normalized spacial score (nSPS) is 15.5. The largest absolute Gasteiger partial charge is 0.376 e. The standard InChI is InChI=1S/C11H13FO/c1-2-8-5-10(12)6-9-7-13-4-3-11(8)9/h5-6H,2-4,7H2,1H3. The van der Waals surface area contributed by atoms with Crippen LogP contribution >= 0.6 is 0 Å². The van der Waals surface area contributed by atoms with Gasteiger partial charge in [0.1, 0.15) is 5.82 Å². The molecule has 0 saturated carbocycles. The van der Waals surface area contributed by atoms with Gasteiger partial charge in [-0.1, -0.05) is 6.92 Å². The first-order chi connectivity index (χ1) is 6.31. The quantitative estimate of drug-likeness (QED) is 0.645. The minimum atomic E-state index is -0.138. The first-order valence-corrected chi connectivity index (χ1v) is 4.69. The van der Waals surface area contributed by atoms with Crippen LogP contribution < -0.4 is 0 Å². The van der Waals surface area contributed by atoms with Crippen LogP contribution in [0.15, 0.2) is 12.1 Å². The average molecular weight is 180 g/mol. The second kappa shape index (κ2) is 3.46. The lowest BCUT2D eigenvalue weighted by Crippen LogP contribution is -2.12. The zero-order valence-corrected chi connectivity index (χ0v) is 7.77. The molecule has 0 saturated heterocycles. The third kappa shape index (κ3) is 1.59. The number of benzene rings is 1. The molecule has 13 heavy (non-hydrogen) atoms. The molecule has 0 fully saturated rings. The molecule has 70 valence electrons. The summed E-state index contributed by atoms with van der Waals surface area (Å²) in [6.07, 6.45) is 1.83. The Bertz CT molecular complexity index is 303. The Hall–Kier alpha value is -0.890. The van der Waals surface area contributed by atoms with Crippen LogP contribution in [0.3, 0.4) is 0 Å². The fourth-order valence-corrected chi connectivity index (χ4v) is 1.88. The van der Waals surface area contributed by atoms with Gasteiger partial charge in [-0.05, 0) is 41.7 Å². The molecule has 0 spiro atoms. The third-order valence-electron chi connectivity index (χ3n) is 2.53. The van der Waals surface area contributed by atoms with E-state index in [0.717, 1.165) is 30.6 Å². The van der Waals surface area contributed by atoms with Crippen molar-refractivity contribution < 1.29 is 9.13 Å². The van der Waals surface area contributed by atoms with Gasteiger partial charge in [-0.25, -0.2) is 4.39 Å². The van der Waals surface area contributed by atoms with E-state index in [2.05, 4.69) is 6.92 Å². The summed E-state index contributed by atoms with van der Waals surface area (Å²) in [5, 5.41) is 0. The molecule has 1 aromatic rings. The molecule has 1 heterocycles. The number of fused-ring (bicyclic) bond motifs is 1. The monoisotopic (exact) mass is 180 g/mol. The summed E-state index contributed by atoms with van der Waals surface area (Å²) in [6.45, 7) is 3.40. The van der Waals surface area contributed by atoms with E-state index in [4.69, 9.17) is 4.74 Å². The molecule has 1 aromatic carbocycles. The third-order valence-corrected chi connectivity index (χ3v) is 2.53. The second-order valence-corrected chi connectivity index (χ2v) is 3.36. The summed E-state index contributed by atoms with van der Waals surface area (Å²) in [5.74, 6) is -0.138. The summed E-state index contributed by atoms with van der Waals surface area (Å²) in [4.78, 5) is 0. The number of hydrogen-bond acceptors (Lipinski definition) is 1. The molecule has 0 unspecified atom stereocenters. The molecule has 1 aliphatic rings. The molecule has 0 aromatic heterocycles. The van der Waals surface area contributed by atoms with Gasteiger partial charge in [-0.3, -0.25) is 0 Å². The van der Waals surface area contributed by atoms with Crippen molar-refractivity contribution in [1.82, 2.24) is 0 Å². The molecule has 0 amide bonds. The number of rotatable bonds is 1. The van der Waals surface area contributed by atoms with Crippen LogP contribution in [-0.4, -0.2) is 6.61 Å². The smallest absolute Gasteiger partial charge is 0.123 e. The highest BCUT2D eigenvalue weighted by Gasteiger charge is 2.13. The zero-order valence-electron chi connectivity index (χ0n) is 7.77. The Balaban J connectivity index is 2.50. The van der Waals surface area contributed by atoms with E-state index in [-0.39, 0.29) is 5.82 Å². The van der Waals surface area contributed by atoms with Crippen LogP contribution in [0.5, 0.6) is 0 Å². The van der Waals surface area contributed by atoms with E-state index in [1.54, 1.807) is 12.1 Å². The number of aryl methyl sites for hydroxylation is 1. The molecule has 0 aliphatic carbocycles. The van der Waals surface area contributed by atoms with Gasteiger partial charge in [0.15, 0.2) is 0 Å². The van der Waals surface area contributed by atoms with Gasteiger partial charge in [0, 0.05) is 0 Å². The minimum absolute atomic E-state index is 0.138. The van der Waals surface area contributed by atoms with Crippen molar-refractivity contribution >= 4 is 0 Å². The Labute approximate surface area is 77.5 Å². The van der Waals surface area contributed by atoms with E-state index in [9.17, 15) is 4.39 Å². The molecule has 0 N–H and O–H groups in total. The number of ether oxygens (including phenoxy) is 1. The van der Waals surface area contributed by atoms with Gasteiger partial charge in [0.2, 0.25) is 0 Å². The summed E-state index contributed by atoms with van der Waals surface area (Å²) < 4.78 is 18.4. The Morgan fingerprint density at radius 1 is 1.46 bits per heavy atom. The van der Waals surface area contributed by atoms with Crippen molar-refractivity contribution in [2.45, 2.75) is 26.4 Å². The van der Waals surface area contributed by atoms with Crippen molar-refractivity contribution in [1.29, 1.82) is 0 Å². The van der Waals surface area contributed by atoms with Gasteiger partial charge in [-0.2, -0.15) is 0 Å². The van der Waals surface area contributed by atoms with E-state index in [0.29, 0.717) is 6.61 Å². The Morgan fingerprint density at radius 3 is 3.08 bits per heavy atom. The van der Waals surface area contributed by atoms with Crippen LogP contribution in [0, 0.1) is 5.82 Å². The van der Waals surface area contributed by atoms with Crippen molar-refractivity contribution in [3.05, 3.63) is 34.6 Å². The maximum absolute atomic E-state index is 13.1. The lowest BCUT2D eigenvalue weighted by Gasteiger charge is -2.19. The molecule has 0 radical (unpaired) electrons. The molecule has 2 rings (SSSR count). The fraction of sp³-hybridized carbons (Fsp3) is 0.455. The predicted octanol–water partition coefficient (Wildman–Crippen LogP) is 2.46. The van der Waals surface area contributed by atoms with Crippen LogP contribution in [0.4, 0.5) is 4.39 Å². The van der Waals surface area contributed by atoms with Gasteiger partial charge >= 0.3 is 0 Å². The Morgan fingerprint density at radius 2 is 2.31 bits per heavy atom.